The lowest BCUT2D eigenvalue weighted by atomic mass is 10.2. The van der Waals surface area contributed by atoms with E-state index in [0.717, 1.165) is 6.42 Å². The van der Waals surface area contributed by atoms with Crippen LogP contribution in [0.1, 0.15) is 33.6 Å². The summed E-state index contributed by atoms with van der Waals surface area (Å²) in [5.74, 6) is -0.872. The maximum Gasteiger partial charge on any atom is 0.338 e. The number of aliphatic hydroxyl groups excluding tert-OH is 1. The van der Waals surface area contributed by atoms with E-state index in [2.05, 4.69) is 6.58 Å². The van der Waals surface area contributed by atoms with Crippen LogP contribution in [0.3, 0.4) is 0 Å². The molecule has 0 aliphatic rings. The second-order valence-electron chi connectivity index (χ2n) is 3.83. The van der Waals surface area contributed by atoms with Crippen LogP contribution < -0.4 is 0 Å². The highest BCUT2D eigenvalue weighted by atomic mass is 16.6. The molecule has 0 aromatic heterocycles. The third-order valence-corrected chi connectivity index (χ3v) is 2.09. The molecule has 5 heteroatoms. The fourth-order valence-electron chi connectivity index (χ4n) is 1.10. The van der Waals surface area contributed by atoms with Crippen LogP contribution in [0.5, 0.6) is 0 Å². The first-order valence-electron chi connectivity index (χ1n) is 5.79. The van der Waals surface area contributed by atoms with Crippen LogP contribution in [-0.4, -0.2) is 30.3 Å². The van der Waals surface area contributed by atoms with Gasteiger partial charge in [-0.15, -0.1) is 0 Å². The molecule has 0 saturated heterocycles. The zero-order valence-electron chi connectivity index (χ0n) is 11.1. The van der Waals surface area contributed by atoms with Gasteiger partial charge in [-0.3, -0.25) is 0 Å². The van der Waals surface area contributed by atoms with Crippen LogP contribution in [0.2, 0.25) is 0 Å². The molecule has 0 unspecified atom stereocenters. The van der Waals surface area contributed by atoms with Crippen molar-refractivity contribution in [1.82, 2.24) is 0 Å². The van der Waals surface area contributed by atoms with Crippen LogP contribution in [-0.2, 0) is 19.1 Å². The predicted octanol–water partition coefficient (Wildman–Crippen LogP) is 1.72. The maximum absolute atomic E-state index is 11.6. The van der Waals surface area contributed by atoms with Gasteiger partial charge >= 0.3 is 11.9 Å². The first-order chi connectivity index (χ1) is 8.43. The molecule has 0 bridgehead atoms. The van der Waals surface area contributed by atoms with Gasteiger partial charge in [-0.2, -0.15) is 0 Å². The molecule has 1 N–H and O–H groups in total. The number of ether oxygens (including phenoxy) is 2. The summed E-state index contributed by atoms with van der Waals surface area (Å²) >= 11 is 0. The Morgan fingerprint density at radius 1 is 1.22 bits per heavy atom. The zero-order chi connectivity index (χ0) is 14.1. The number of allylic oxidation sites excluding steroid dienone is 1. The van der Waals surface area contributed by atoms with E-state index < -0.39 is 11.9 Å². The molecule has 0 atom stereocenters. The molecule has 0 aliphatic carbocycles. The monoisotopic (exact) mass is 256 g/mol. The highest BCUT2D eigenvalue weighted by molar-refractivity contribution is 5.91. The van der Waals surface area contributed by atoms with Crippen molar-refractivity contribution in [2.45, 2.75) is 33.6 Å². The second-order valence-corrected chi connectivity index (χ2v) is 3.83. The second kappa shape index (κ2) is 8.47. The fourth-order valence-corrected chi connectivity index (χ4v) is 1.10. The molecule has 0 aromatic rings. The molecule has 0 radical (unpaired) electrons. The van der Waals surface area contributed by atoms with Crippen molar-refractivity contribution >= 4 is 11.9 Å². The van der Waals surface area contributed by atoms with Crippen LogP contribution in [0, 0.1) is 0 Å². The SMILES string of the molecule is C=C(C)C(=O)OC(CCC)=C(C)C(=O)OCCO. The minimum atomic E-state index is -0.595. The Morgan fingerprint density at radius 2 is 1.83 bits per heavy atom. The lowest BCUT2D eigenvalue weighted by Crippen LogP contribution is -2.14. The Bertz CT molecular complexity index is 354. The first kappa shape index (κ1) is 16.4. The normalized spacial score (nSPS) is 11.6. The lowest BCUT2D eigenvalue weighted by molar-refractivity contribution is -0.140. The van der Waals surface area contributed by atoms with Crippen LogP contribution >= 0.6 is 0 Å². The molecule has 0 aromatic carbocycles. The van der Waals surface area contributed by atoms with Crippen LogP contribution in [0.4, 0.5) is 0 Å². The van der Waals surface area contributed by atoms with Gasteiger partial charge in [0.25, 0.3) is 0 Å². The quantitative estimate of drug-likeness (QED) is 0.426. The van der Waals surface area contributed by atoms with Crippen molar-refractivity contribution in [3.05, 3.63) is 23.5 Å². The smallest absolute Gasteiger partial charge is 0.338 e. The molecule has 0 spiro atoms. The first-order valence-corrected chi connectivity index (χ1v) is 5.79. The maximum atomic E-state index is 11.6. The molecule has 0 aliphatic heterocycles. The summed E-state index contributed by atoms with van der Waals surface area (Å²) < 4.78 is 9.85. The number of aliphatic hydroxyl groups is 1. The Hall–Kier alpha value is -1.62. The van der Waals surface area contributed by atoms with Gasteiger partial charge in [0.15, 0.2) is 0 Å². The minimum Gasteiger partial charge on any atom is -0.460 e. The Kier molecular flexibility index (Phi) is 7.71. The highest BCUT2D eigenvalue weighted by Crippen LogP contribution is 2.15. The van der Waals surface area contributed by atoms with E-state index in [1.807, 2.05) is 6.92 Å². The van der Waals surface area contributed by atoms with E-state index in [9.17, 15) is 9.59 Å². The molecule has 0 rings (SSSR count). The summed E-state index contributed by atoms with van der Waals surface area (Å²) in [6.45, 7) is 8.11. The van der Waals surface area contributed by atoms with Gasteiger partial charge in [-0.05, 0) is 20.3 Å². The summed E-state index contributed by atoms with van der Waals surface area (Å²) in [6.07, 6.45) is 1.18. The van der Waals surface area contributed by atoms with E-state index >= 15 is 0 Å². The summed E-state index contributed by atoms with van der Waals surface area (Å²) in [7, 11) is 0. The molecular formula is C13H20O5. The van der Waals surface area contributed by atoms with Crippen LogP contribution in [0.25, 0.3) is 0 Å². The number of hydrogen-bond donors (Lipinski definition) is 1. The lowest BCUT2D eigenvalue weighted by Gasteiger charge is -2.11. The van der Waals surface area contributed by atoms with E-state index in [1.165, 1.54) is 13.8 Å². The minimum absolute atomic E-state index is 0.0794. The van der Waals surface area contributed by atoms with Crippen molar-refractivity contribution in [2.75, 3.05) is 13.2 Å². The predicted molar refractivity (Wildman–Crippen MR) is 66.6 cm³/mol. The molecule has 0 saturated carbocycles. The topological polar surface area (TPSA) is 72.8 Å². The van der Waals surface area contributed by atoms with E-state index in [0.29, 0.717) is 6.42 Å². The summed E-state index contributed by atoms with van der Waals surface area (Å²) in [5, 5.41) is 8.57. The van der Waals surface area contributed by atoms with Crippen LogP contribution in [0.15, 0.2) is 23.5 Å². The highest BCUT2D eigenvalue weighted by Gasteiger charge is 2.16. The molecule has 0 amide bonds. The number of carbonyl (C=O) groups is 2. The van der Waals surface area contributed by atoms with Gasteiger partial charge in [0.1, 0.15) is 12.4 Å². The molecule has 0 fully saturated rings. The molecule has 18 heavy (non-hydrogen) atoms. The van der Waals surface area contributed by atoms with E-state index in [4.69, 9.17) is 14.6 Å². The number of hydrogen-bond acceptors (Lipinski definition) is 5. The average Bonchev–Trinajstić information content (AvgIpc) is 2.34. The summed E-state index contributed by atoms with van der Waals surface area (Å²) in [6, 6.07) is 0. The largest absolute Gasteiger partial charge is 0.460 e. The Labute approximate surface area is 107 Å². The zero-order valence-corrected chi connectivity index (χ0v) is 11.1. The molecular weight excluding hydrogens is 236 g/mol. The number of carbonyl (C=O) groups excluding carboxylic acids is 2. The van der Waals surface area contributed by atoms with E-state index in [1.54, 1.807) is 0 Å². The van der Waals surface area contributed by atoms with Gasteiger partial charge in [-0.25, -0.2) is 9.59 Å². The summed E-state index contributed by atoms with van der Waals surface area (Å²) in [4.78, 5) is 23.0. The Balaban J connectivity index is 4.87. The molecule has 5 nitrogen and oxygen atoms in total. The fraction of sp³-hybridized carbons (Fsp3) is 0.538. The average molecular weight is 256 g/mol. The van der Waals surface area contributed by atoms with Crippen molar-refractivity contribution < 1.29 is 24.2 Å². The Morgan fingerprint density at radius 3 is 2.28 bits per heavy atom. The van der Waals surface area contributed by atoms with Crippen molar-refractivity contribution in [1.29, 1.82) is 0 Å². The van der Waals surface area contributed by atoms with Crippen molar-refractivity contribution in [3.8, 4) is 0 Å². The van der Waals surface area contributed by atoms with Crippen molar-refractivity contribution in [3.63, 3.8) is 0 Å². The van der Waals surface area contributed by atoms with Gasteiger partial charge in [0.2, 0.25) is 0 Å². The van der Waals surface area contributed by atoms with Gasteiger partial charge in [0, 0.05) is 12.0 Å². The number of esters is 2. The van der Waals surface area contributed by atoms with Gasteiger partial charge in [-0.1, -0.05) is 13.5 Å². The third kappa shape index (κ3) is 5.63. The van der Waals surface area contributed by atoms with Crippen molar-refractivity contribution in [2.24, 2.45) is 0 Å². The van der Waals surface area contributed by atoms with E-state index in [-0.39, 0.29) is 30.1 Å². The number of rotatable bonds is 7. The van der Waals surface area contributed by atoms with Gasteiger partial charge < -0.3 is 14.6 Å². The molecule has 0 heterocycles. The standard InChI is InChI=1S/C13H20O5/c1-5-6-11(18-12(15)9(2)3)10(4)13(16)17-8-7-14/h14H,2,5-8H2,1,3-4H3. The van der Waals surface area contributed by atoms with Gasteiger partial charge in [0.05, 0.1) is 12.2 Å². The molecule has 102 valence electrons. The third-order valence-electron chi connectivity index (χ3n) is 2.09. The summed E-state index contributed by atoms with van der Waals surface area (Å²) in [5.41, 5.74) is 0.500.